The Hall–Kier alpha value is -0.860. The molecule has 1 unspecified atom stereocenters. The number of ether oxygens (including phenoxy) is 1. The molecule has 2 N–H and O–H groups in total. The van der Waals surface area contributed by atoms with Crippen LogP contribution >= 0.6 is 11.5 Å². The third kappa shape index (κ3) is 2.91. The Labute approximate surface area is 124 Å². The van der Waals surface area contributed by atoms with E-state index in [4.69, 9.17) is 10.5 Å². The molecule has 6 nitrogen and oxygen atoms in total. The summed E-state index contributed by atoms with van der Waals surface area (Å²) >= 11 is 1.14. The maximum Gasteiger partial charge on any atom is 0.184 e. The van der Waals surface area contributed by atoms with Crippen molar-refractivity contribution >= 4 is 32.2 Å². The molecule has 1 atom stereocenters. The Morgan fingerprint density at radius 1 is 1.55 bits per heavy atom. The lowest BCUT2D eigenvalue weighted by molar-refractivity contribution is -0.0749. The van der Waals surface area contributed by atoms with Crippen LogP contribution < -0.4 is 10.6 Å². The summed E-state index contributed by atoms with van der Waals surface area (Å²) < 4.78 is 34.3. The van der Waals surface area contributed by atoms with Gasteiger partial charge in [-0.05, 0) is 32.3 Å². The van der Waals surface area contributed by atoms with Gasteiger partial charge in [-0.1, -0.05) is 6.92 Å². The Morgan fingerprint density at radius 2 is 2.20 bits per heavy atom. The number of nitrogens with two attached hydrogens (primary N) is 1. The molecular weight excluding hydrogens is 298 g/mol. The van der Waals surface area contributed by atoms with Gasteiger partial charge in [0.25, 0.3) is 0 Å². The summed E-state index contributed by atoms with van der Waals surface area (Å²) in [6.45, 7) is 8.83. The average Bonchev–Trinajstić information content (AvgIpc) is 2.69. The van der Waals surface area contributed by atoms with Crippen LogP contribution in [0.25, 0.3) is 0 Å². The summed E-state index contributed by atoms with van der Waals surface area (Å²) in [7, 11) is -3.38. The van der Waals surface area contributed by atoms with Crippen LogP contribution in [0.1, 0.15) is 27.7 Å². The fourth-order valence-corrected chi connectivity index (χ4v) is 4.85. The maximum atomic E-state index is 12.2. The van der Waals surface area contributed by atoms with Crippen LogP contribution in [-0.2, 0) is 14.6 Å². The molecule has 1 aromatic heterocycles. The molecule has 1 fully saturated rings. The van der Waals surface area contributed by atoms with E-state index in [0.29, 0.717) is 18.1 Å². The van der Waals surface area contributed by atoms with Crippen molar-refractivity contribution in [1.82, 2.24) is 4.37 Å². The van der Waals surface area contributed by atoms with Crippen LogP contribution in [0.4, 0.5) is 10.8 Å². The third-order valence-electron chi connectivity index (χ3n) is 3.20. The summed E-state index contributed by atoms with van der Waals surface area (Å²) in [5, 5.41) is 0.632. The van der Waals surface area contributed by atoms with Crippen molar-refractivity contribution in [3.05, 3.63) is 0 Å². The highest BCUT2D eigenvalue weighted by molar-refractivity contribution is 7.91. The van der Waals surface area contributed by atoms with Crippen molar-refractivity contribution in [2.24, 2.45) is 0 Å². The second kappa shape index (κ2) is 5.16. The number of hydrogen-bond acceptors (Lipinski definition) is 7. The van der Waals surface area contributed by atoms with E-state index in [-0.39, 0.29) is 28.2 Å². The highest BCUT2D eigenvalue weighted by atomic mass is 32.2. The topological polar surface area (TPSA) is 85.5 Å². The van der Waals surface area contributed by atoms with Crippen molar-refractivity contribution in [1.29, 1.82) is 0 Å². The fourth-order valence-electron chi connectivity index (χ4n) is 2.53. The first-order valence-electron chi connectivity index (χ1n) is 6.57. The van der Waals surface area contributed by atoms with Gasteiger partial charge in [0.05, 0.1) is 17.5 Å². The Morgan fingerprint density at radius 3 is 2.75 bits per heavy atom. The monoisotopic (exact) mass is 319 g/mol. The molecule has 2 heterocycles. The highest BCUT2D eigenvalue weighted by Crippen LogP contribution is 2.38. The van der Waals surface area contributed by atoms with Crippen LogP contribution in [0.3, 0.4) is 0 Å². The van der Waals surface area contributed by atoms with Gasteiger partial charge < -0.3 is 15.4 Å². The second-order valence-corrected chi connectivity index (χ2v) is 8.64. The van der Waals surface area contributed by atoms with Crippen LogP contribution in [0.15, 0.2) is 4.90 Å². The van der Waals surface area contributed by atoms with Gasteiger partial charge in [0.1, 0.15) is 9.90 Å². The lowest BCUT2D eigenvalue weighted by Crippen LogP contribution is -2.52. The lowest BCUT2D eigenvalue weighted by atomic mass is 10.1. The number of rotatable bonds is 3. The molecule has 1 saturated heterocycles. The molecule has 0 bridgehead atoms. The van der Waals surface area contributed by atoms with Gasteiger partial charge >= 0.3 is 0 Å². The summed E-state index contributed by atoms with van der Waals surface area (Å²) in [6.07, 6.45) is 0.0271. The molecule has 1 aliphatic rings. The predicted molar refractivity (Wildman–Crippen MR) is 81.1 cm³/mol. The largest absolute Gasteiger partial charge is 0.382 e. The van der Waals surface area contributed by atoms with Gasteiger partial charge in [-0.15, -0.1) is 0 Å². The van der Waals surface area contributed by atoms with Gasteiger partial charge in [-0.3, -0.25) is 0 Å². The zero-order valence-corrected chi connectivity index (χ0v) is 13.8. The molecule has 0 saturated carbocycles. The number of anilines is 2. The van der Waals surface area contributed by atoms with Crippen LogP contribution in [0.2, 0.25) is 0 Å². The highest BCUT2D eigenvalue weighted by Gasteiger charge is 2.35. The molecule has 0 amide bonds. The molecule has 0 radical (unpaired) electrons. The minimum atomic E-state index is -3.38. The first kappa shape index (κ1) is 15.5. The maximum absolute atomic E-state index is 12.2. The fraction of sp³-hybridized carbons (Fsp3) is 0.750. The van der Waals surface area contributed by atoms with E-state index in [2.05, 4.69) is 4.37 Å². The Kier molecular flexibility index (Phi) is 4.01. The molecule has 0 spiro atoms. The summed E-state index contributed by atoms with van der Waals surface area (Å²) in [6, 6.07) is 0. The zero-order valence-electron chi connectivity index (χ0n) is 12.2. The van der Waals surface area contributed by atoms with E-state index < -0.39 is 9.84 Å². The normalized spacial score (nSPS) is 23.0. The van der Waals surface area contributed by atoms with Crippen molar-refractivity contribution in [3.8, 4) is 0 Å². The molecule has 1 aliphatic heterocycles. The van der Waals surface area contributed by atoms with Crippen molar-refractivity contribution in [3.63, 3.8) is 0 Å². The van der Waals surface area contributed by atoms with Gasteiger partial charge in [-0.25, -0.2) is 8.42 Å². The van der Waals surface area contributed by atoms with Crippen LogP contribution in [0, 0.1) is 0 Å². The third-order valence-corrected chi connectivity index (χ3v) is 6.04. The average molecular weight is 319 g/mol. The van der Waals surface area contributed by atoms with Gasteiger partial charge in [0, 0.05) is 13.1 Å². The number of aromatic nitrogens is 1. The molecule has 1 aromatic rings. The Balaban J connectivity index is 2.44. The molecule has 0 aromatic carbocycles. The number of sulfone groups is 1. The van der Waals surface area contributed by atoms with E-state index in [9.17, 15) is 8.42 Å². The summed E-state index contributed by atoms with van der Waals surface area (Å²) in [5.41, 5.74) is 5.44. The lowest BCUT2D eigenvalue weighted by Gasteiger charge is -2.42. The second-order valence-electron chi connectivity index (χ2n) is 5.67. The van der Waals surface area contributed by atoms with E-state index in [1.54, 1.807) is 6.92 Å². The minimum absolute atomic E-state index is 0.0197. The van der Waals surface area contributed by atoms with Crippen LogP contribution in [-0.4, -0.2) is 43.3 Å². The van der Waals surface area contributed by atoms with E-state index in [1.165, 1.54) is 0 Å². The molecule has 20 heavy (non-hydrogen) atoms. The van der Waals surface area contributed by atoms with Crippen LogP contribution in [0.5, 0.6) is 0 Å². The Bertz CT molecular complexity index is 595. The first-order valence-corrected chi connectivity index (χ1v) is 8.99. The molecule has 114 valence electrons. The van der Waals surface area contributed by atoms with E-state index >= 15 is 0 Å². The molecule has 2 rings (SSSR count). The zero-order chi connectivity index (χ0) is 15.1. The van der Waals surface area contributed by atoms with Crippen molar-refractivity contribution in [2.45, 2.75) is 44.3 Å². The van der Waals surface area contributed by atoms with Crippen molar-refractivity contribution < 1.29 is 13.2 Å². The van der Waals surface area contributed by atoms with Gasteiger partial charge in [-0.2, -0.15) is 4.37 Å². The predicted octanol–water partition coefficient (Wildman–Crippen LogP) is 1.52. The summed E-state index contributed by atoms with van der Waals surface area (Å²) in [5.74, 6) is 0.120. The molecule has 0 aliphatic carbocycles. The standard InChI is InChI=1S/C12H21N3O3S2/c1-5-20(16,17)9-10(13)14-19-11(9)15-6-8(2)18-12(3,4)7-15/h8H,5-7H2,1-4H3,(H2,13,14). The quantitative estimate of drug-likeness (QED) is 0.909. The van der Waals surface area contributed by atoms with Gasteiger partial charge in [0.15, 0.2) is 15.7 Å². The first-order chi connectivity index (χ1) is 9.16. The van der Waals surface area contributed by atoms with Gasteiger partial charge in [0.2, 0.25) is 0 Å². The molecule has 8 heteroatoms. The van der Waals surface area contributed by atoms with Crippen molar-refractivity contribution in [2.75, 3.05) is 29.5 Å². The smallest absolute Gasteiger partial charge is 0.184 e. The number of nitrogens with zero attached hydrogens (tertiary/aromatic N) is 2. The van der Waals surface area contributed by atoms with E-state index in [1.807, 2.05) is 25.7 Å². The van der Waals surface area contributed by atoms with E-state index in [0.717, 1.165) is 11.5 Å². The SMILES string of the molecule is CCS(=O)(=O)c1c(N)nsc1N1CC(C)OC(C)(C)C1. The number of morpholine rings is 1. The minimum Gasteiger partial charge on any atom is -0.382 e. The summed E-state index contributed by atoms with van der Waals surface area (Å²) in [4.78, 5) is 2.19. The number of nitrogen functional groups attached to an aromatic ring is 1. The molecular formula is C12H21N3O3S2. The number of hydrogen-bond donors (Lipinski definition) is 1.